The van der Waals surface area contributed by atoms with Gasteiger partial charge in [0.15, 0.2) is 0 Å². The van der Waals surface area contributed by atoms with Crippen LogP contribution in [-0.2, 0) is 0 Å². The molecule has 0 saturated heterocycles. The quantitative estimate of drug-likeness (QED) is 0.554. The Bertz CT molecular complexity index is 150. The van der Waals surface area contributed by atoms with E-state index in [0.29, 0.717) is 5.92 Å². The van der Waals surface area contributed by atoms with Crippen LogP contribution in [0.1, 0.15) is 13.8 Å². The highest BCUT2D eigenvalue weighted by atomic mass is 79.9. The van der Waals surface area contributed by atoms with Crippen molar-refractivity contribution in [3.8, 4) is 0 Å². The lowest BCUT2D eigenvalue weighted by atomic mass is 10.2. The summed E-state index contributed by atoms with van der Waals surface area (Å²) in [5.41, 5.74) is 0. The molecular formula is C8H13Br2N. The first kappa shape index (κ1) is 11.4. The first-order valence-electron chi connectivity index (χ1n) is 3.61. The summed E-state index contributed by atoms with van der Waals surface area (Å²) < 4.78 is 0.922. The summed E-state index contributed by atoms with van der Waals surface area (Å²) in [7, 11) is 0. The molecule has 0 bridgehead atoms. The van der Waals surface area contributed by atoms with Crippen LogP contribution < -0.4 is 0 Å². The van der Waals surface area contributed by atoms with E-state index in [2.05, 4.69) is 56.8 Å². The van der Waals surface area contributed by atoms with E-state index in [9.17, 15) is 0 Å². The van der Waals surface area contributed by atoms with Gasteiger partial charge in [0.1, 0.15) is 0 Å². The number of hydrogen-bond acceptors (Lipinski definition) is 1. The molecule has 1 nitrogen and oxygen atoms in total. The minimum Gasteiger partial charge on any atom is -0.277 e. The van der Waals surface area contributed by atoms with Gasteiger partial charge in [-0.2, -0.15) is 0 Å². The Labute approximate surface area is 85.2 Å². The van der Waals surface area contributed by atoms with Crippen molar-refractivity contribution in [3.05, 3.63) is 12.2 Å². The Hall–Kier alpha value is 0.370. The third-order valence-electron chi connectivity index (χ3n) is 0.966. The number of halogens is 2. The Balaban J connectivity index is 3.75. The van der Waals surface area contributed by atoms with Crippen LogP contribution in [-0.4, -0.2) is 16.5 Å². The van der Waals surface area contributed by atoms with Gasteiger partial charge in [-0.3, -0.25) is 4.99 Å². The fourth-order valence-electron chi connectivity index (χ4n) is 0.474. The predicted octanol–water partition coefficient (Wildman–Crippen LogP) is 3.39. The Morgan fingerprint density at radius 3 is 2.64 bits per heavy atom. The van der Waals surface area contributed by atoms with Crippen LogP contribution in [0.3, 0.4) is 0 Å². The van der Waals surface area contributed by atoms with E-state index in [1.54, 1.807) is 0 Å². The smallest absolute Gasteiger partial charge is 0.0998 e. The van der Waals surface area contributed by atoms with Crippen LogP contribution in [0.5, 0.6) is 0 Å². The van der Waals surface area contributed by atoms with Gasteiger partial charge in [-0.1, -0.05) is 35.9 Å². The van der Waals surface area contributed by atoms with Gasteiger partial charge in [-0.15, -0.1) is 0 Å². The highest BCUT2D eigenvalue weighted by Crippen LogP contribution is 1.98. The summed E-state index contributed by atoms with van der Waals surface area (Å²) in [6.07, 6.45) is 4.11. The van der Waals surface area contributed by atoms with Gasteiger partial charge < -0.3 is 0 Å². The minimum absolute atomic E-state index is 0.585. The summed E-state index contributed by atoms with van der Waals surface area (Å²) in [5.74, 6) is 0.585. The molecule has 0 unspecified atom stereocenters. The van der Waals surface area contributed by atoms with Gasteiger partial charge in [0.25, 0.3) is 0 Å². The Kier molecular flexibility index (Phi) is 7.28. The average Bonchev–Trinajstić information content (AvgIpc) is 1.97. The van der Waals surface area contributed by atoms with Gasteiger partial charge in [0.05, 0.1) is 4.62 Å². The van der Waals surface area contributed by atoms with Crippen LogP contribution in [0.4, 0.5) is 0 Å². The molecule has 0 heterocycles. The van der Waals surface area contributed by atoms with E-state index in [4.69, 9.17) is 0 Å². The van der Waals surface area contributed by atoms with Crippen molar-refractivity contribution < 1.29 is 0 Å². The lowest BCUT2D eigenvalue weighted by Crippen LogP contribution is -1.87. The lowest BCUT2D eigenvalue weighted by Gasteiger charge is -1.92. The van der Waals surface area contributed by atoms with E-state index in [1.807, 2.05) is 6.08 Å². The highest BCUT2D eigenvalue weighted by molar-refractivity contribution is 9.18. The van der Waals surface area contributed by atoms with Gasteiger partial charge in [-0.05, 0) is 27.9 Å². The molecule has 64 valence electrons. The van der Waals surface area contributed by atoms with Crippen LogP contribution >= 0.6 is 31.9 Å². The summed E-state index contributed by atoms with van der Waals surface area (Å²) in [6.45, 7) is 5.10. The zero-order valence-corrected chi connectivity index (χ0v) is 10.0. The monoisotopic (exact) mass is 281 g/mol. The zero-order valence-electron chi connectivity index (χ0n) is 6.85. The van der Waals surface area contributed by atoms with Crippen molar-refractivity contribution in [2.75, 3.05) is 11.9 Å². The molecule has 0 aliphatic carbocycles. The van der Waals surface area contributed by atoms with Crippen LogP contribution in [0.25, 0.3) is 0 Å². The first-order chi connectivity index (χ1) is 5.16. The van der Waals surface area contributed by atoms with Gasteiger partial charge in [0, 0.05) is 11.9 Å². The van der Waals surface area contributed by atoms with Gasteiger partial charge in [-0.25, -0.2) is 0 Å². The number of nitrogens with zero attached hydrogens (tertiary/aromatic N) is 1. The van der Waals surface area contributed by atoms with Crippen molar-refractivity contribution in [1.82, 2.24) is 0 Å². The second-order valence-electron chi connectivity index (χ2n) is 2.50. The van der Waals surface area contributed by atoms with Crippen LogP contribution in [0, 0.1) is 5.92 Å². The molecule has 0 spiro atoms. The van der Waals surface area contributed by atoms with Crippen LogP contribution in [0.15, 0.2) is 17.1 Å². The van der Waals surface area contributed by atoms with E-state index < -0.39 is 0 Å². The Morgan fingerprint density at radius 1 is 1.55 bits per heavy atom. The highest BCUT2D eigenvalue weighted by Gasteiger charge is 1.87. The summed E-state index contributed by atoms with van der Waals surface area (Å²) in [6, 6.07) is 0. The minimum atomic E-state index is 0.585. The van der Waals surface area contributed by atoms with Crippen molar-refractivity contribution in [1.29, 1.82) is 0 Å². The SMILES string of the molecule is CC(C)/C=C\C(Br)=NCCBr. The number of alkyl halides is 1. The molecule has 0 aromatic carbocycles. The Morgan fingerprint density at radius 2 is 2.18 bits per heavy atom. The lowest BCUT2D eigenvalue weighted by molar-refractivity contribution is 0.833. The van der Waals surface area contributed by atoms with Crippen molar-refractivity contribution in [2.45, 2.75) is 13.8 Å². The van der Waals surface area contributed by atoms with E-state index in [-0.39, 0.29) is 0 Å². The third kappa shape index (κ3) is 8.27. The predicted molar refractivity (Wildman–Crippen MR) is 59.0 cm³/mol. The number of rotatable bonds is 4. The molecule has 3 heteroatoms. The fraction of sp³-hybridized carbons (Fsp3) is 0.625. The molecule has 0 aromatic heterocycles. The molecule has 0 aromatic rings. The van der Waals surface area contributed by atoms with Crippen LogP contribution in [0.2, 0.25) is 0 Å². The summed E-state index contributed by atoms with van der Waals surface area (Å²) >= 11 is 6.66. The normalized spacial score (nSPS) is 13.4. The maximum atomic E-state index is 4.21. The average molecular weight is 283 g/mol. The topological polar surface area (TPSA) is 12.4 Å². The molecule has 0 rings (SSSR count). The van der Waals surface area contributed by atoms with Crippen molar-refractivity contribution >= 4 is 36.5 Å². The standard InChI is InChI=1S/C8H13Br2N/c1-7(2)3-4-8(10)11-6-5-9/h3-4,7H,5-6H2,1-2H3/b4-3-,11-8?. The molecule has 11 heavy (non-hydrogen) atoms. The number of aliphatic imine (C=N–C) groups is 1. The van der Waals surface area contributed by atoms with Crippen molar-refractivity contribution in [2.24, 2.45) is 10.9 Å². The third-order valence-corrected chi connectivity index (χ3v) is 1.84. The van der Waals surface area contributed by atoms with E-state index in [1.165, 1.54) is 0 Å². The van der Waals surface area contributed by atoms with E-state index in [0.717, 1.165) is 16.5 Å². The number of hydrogen-bond donors (Lipinski definition) is 0. The maximum absolute atomic E-state index is 4.21. The molecule has 0 radical (unpaired) electrons. The molecule has 0 aliphatic rings. The van der Waals surface area contributed by atoms with Gasteiger partial charge >= 0.3 is 0 Å². The zero-order chi connectivity index (χ0) is 8.69. The molecule has 0 aliphatic heterocycles. The summed E-state index contributed by atoms with van der Waals surface area (Å²) in [4.78, 5) is 4.21. The largest absolute Gasteiger partial charge is 0.277 e. The molecular weight excluding hydrogens is 270 g/mol. The second kappa shape index (κ2) is 7.04. The molecule has 0 amide bonds. The summed E-state index contributed by atoms with van der Waals surface area (Å²) in [5, 5.41) is 0.914. The second-order valence-corrected chi connectivity index (χ2v) is 4.10. The van der Waals surface area contributed by atoms with Gasteiger partial charge in [0.2, 0.25) is 0 Å². The molecule has 0 atom stereocenters. The van der Waals surface area contributed by atoms with Crippen molar-refractivity contribution in [3.63, 3.8) is 0 Å². The molecule has 0 fully saturated rings. The maximum Gasteiger partial charge on any atom is 0.0998 e. The van der Waals surface area contributed by atoms with E-state index >= 15 is 0 Å². The fourth-order valence-corrected chi connectivity index (χ4v) is 0.981. The molecule has 0 N–H and O–H groups in total. The number of allylic oxidation sites excluding steroid dienone is 2. The first-order valence-corrected chi connectivity index (χ1v) is 5.52. The molecule has 0 saturated carbocycles.